The van der Waals surface area contributed by atoms with E-state index >= 15 is 0 Å². The molecule has 32 heavy (non-hydrogen) atoms. The normalized spacial score (nSPS) is 13.7. The molecule has 1 aromatic heterocycles. The Morgan fingerprint density at radius 1 is 1.09 bits per heavy atom. The maximum absolute atomic E-state index is 13.3. The first-order chi connectivity index (χ1) is 15.4. The third kappa shape index (κ3) is 4.75. The zero-order valence-electron chi connectivity index (χ0n) is 16.6. The number of rotatable bonds is 5. The second-order valence-corrected chi connectivity index (χ2v) is 7.39. The van der Waals surface area contributed by atoms with Crippen molar-refractivity contribution in [1.82, 2.24) is 14.9 Å². The van der Waals surface area contributed by atoms with Crippen LogP contribution in [0.15, 0.2) is 54.9 Å². The Kier molecular flexibility index (Phi) is 6.13. The van der Waals surface area contributed by atoms with E-state index < -0.39 is 10.7 Å². The van der Waals surface area contributed by atoms with Crippen LogP contribution in [-0.4, -0.2) is 51.9 Å². The van der Waals surface area contributed by atoms with Crippen molar-refractivity contribution in [2.24, 2.45) is 0 Å². The van der Waals surface area contributed by atoms with Crippen molar-refractivity contribution in [1.29, 1.82) is 0 Å². The number of aromatic nitrogens is 2. The van der Waals surface area contributed by atoms with Gasteiger partial charge in [-0.3, -0.25) is 14.9 Å². The van der Waals surface area contributed by atoms with E-state index in [0.29, 0.717) is 37.7 Å². The molecule has 1 aliphatic heterocycles. The maximum atomic E-state index is 13.3. The van der Waals surface area contributed by atoms with Gasteiger partial charge in [0.25, 0.3) is 11.6 Å². The molecule has 1 aliphatic rings. The summed E-state index contributed by atoms with van der Waals surface area (Å²) in [7, 11) is 0. The monoisotopic (exact) mass is 457 g/mol. The molecule has 2 aromatic carbocycles. The lowest BCUT2D eigenvalue weighted by Crippen LogP contribution is -2.49. The topological polar surface area (TPSA) is 102 Å². The first-order valence-electron chi connectivity index (χ1n) is 9.64. The van der Waals surface area contributed by atoms with Gasteiger partial charge in [-0.2, -0.15) is 0 Å². The summed E-state index contributed by atoms with van der Waals surface area (Å²) >= 11 is 5.78. The van der Waals surface area contributed by atoms with E-state index in [1.165, 1.54) is 42.7 Å². The summed E-state index contributed by atoms with van der Waals surface area (Å²) in [5.41, 5.74) is 0.161. The van der Waals surface area contributed by atoms with Gasteiger partial charge in [0.15, 0.2) is 0 Å². The van der Waals surface area contributed by atoms with Crippen LogP contribution in [0.5, 0.6) is 11.6 Å². The fourth-order valence-electron chi connectivity index (χ4n) is 3.29. The molecule has 0 N–H and O–H groups in total. The van der Waals surface area contributed by atoms with Crippen LogP contribution in [0.25, 0.3) is 0 Å². The van der Waals surface area contributed by atoms with Crippen molar-refractivity contribution < 1.29 is 18.8 Å². The Labute approximate surface area is 187 Å². The lowest BCUT2D eigenvalue weighted by atomic mass is 10.1. The number of halogens is 2. The number of hydrogen-bond acceptors (Lipinski definition) is 7. The Hall–Kier alpha value is -3.79. The Morgan fingerprint density at radius 3 is 2.59 bits per heavy atom. The highest BCUT2D eigenvalue weighted by Crippen LogP contribution is 2.27. The average molecular weight is 458 g/mol. The molecule has 0 spiro atoms. The number of anilines is 1. The summed E-state index contributed by atoms with van der Waals surface area (Å²) < 4.78 is 19.0. The molecule has 2 heterocycles. The Morgan fingerprint density at radius 2 is 1.88 bits per heavy atom. The third-order valence-electron chi connectivity index (χ3n) is 4.94. The molecular weight excluding hydrogens is 441 g/mol. The number of nitrogens with zero attached hydrogens (tertiary/aromatic N) is 5. The molecule has 1 fully saturated rings. The van der Waals surface area contributed by atoms with E-state index in [2.05, 4.69) is 9.97 Å². The van der Waals surface area contributed by atoms with E-state index in [1.54, 1.807) is 17.0 Å². The smallest absolute Gasteiger partial charge is 0.270 e. The highest BCUT2D eigenvalue weighted by molar-refractivity contribution is 6.30. The number of nitro benzene ring substituents is 1. The summed E-state index contributed by atoms with van der Waals surface area (Å²) in [5.74, 6) is 0.431. The minimum Gasteiger partial charge on any atom is -0.439 e. The van der Waals surface area contributed by atoms with Gasteiger partial charge < -0.3 is 14.5 Å². The van der Waals surface area contributed by atoms with E-state index in [9.17, 15) is 19.3 Å². The molecule has 0 radical (unpaired) electrons. The van der Waals surface area contributed by atoms with Crippen molar-refractivity contribution in [3.8, 4) is 11.6 Å². The molecule has 0 aliphatic carbocycles. The van der Waals surface area contributed by atoms with Crippen molar-refractivity contribution in [2.45, 2.75) is 0 Å². The highest BCUT2D eigenvalue weighted by Gasteiger charge is 2.24. The molecule has 1 saturated heterocycles. The molecule has 164 valence electrons. The van der Waals surface area contributed by atoms with Crippen molar-refractivity contribution in [2.75, 3.05) is 31.1 Å². The van der Waals surface area contributed by atoms with Crippen molar-refractivity contribution in [3.05, 3.63) is 81.4 Å². The van der Waals surface area contributed by atoms with Gasteiger partial charge in [-0.1, -0.05) is 17.7 Å². The number of non-ortho nitro benzene ring substituents is 1. The lowest BCUT2D eigenvalue weighted by molar-refractivity contribution is -0.384. The number of piperazine rings is 1. The lowest BCUT2D eigenvalue weighted by Gasteiger charge is -2.35. The van der Waals surface area contributed by atoms with Gasteiger partial charge in [0, 0.05) is 56.0 Å². The number of carbonyl (C=O) groups excluding carboxylic acids is 1. The minimum atomic E-state index is -0.542. The molecule has 3 aromatic rings. The van der Waals surface area contributed by atoms with E-state index in [0.717, 1.165) is 0 Å². The molecule has 0 atom stereocenters. The van der Waals surface area contributed by atoms with Gasteiger partial charge in [-0.25, -0.2) is 14.4 Å². The van der Waals surface area contributed by atoms with Gasteiger partial charge in [-0.15, -0.1) is 0 Å². The Balaban J connectivity index is 1.40. The van der Waals surface area contributed by atoms with Crippen LogP contribution >= 0.6 is 11.6 Å². The number of amides is 1. The van der Waals surface area contributed by atoms with Crippen LogP contribution in [0.4, 0.5) is 15.9 Å². The van der Waals surface area contributed by atoms with Gasteiger partial charge in [0.1, 0.15) is 23.7 Å². The van der Waals surface area contributed by atoms with E-state index in [-0.39, 0.29) is 28.1 Å². The molecule has 9 nitrogen and oxygen atoms in total. The number of hydrogen-bond donors (Lipinski definition) is 0. The first kappa shape index (κ1) is 21.4. The summed E-state index contributed by atoms with van der Waals surface area (Å²) in [4.78, 5) is 35.1. The molecular formula is C21H17ClFN5O4. The SMILES string of the molecule is O=C(c1cccc([N+](=O)[O-])c1)N1CCN(c2cc(Oc3ccc(F)c(Cl)c3)ncn2)CC1. The molecule has 0 unspecified atom stereocenters. The number of nitro groups is 1. The Bertz CT molecular complexity index is 1170. The molecule has 11 heteroatoms. The van der Waals surface area contributed by atoms with Gasteiger partial charge in [0.2, 0.25) is 5.88 Å². The standard InChI is InChI=1S/C21H17ClFN5O4/c22-17-11-16(4-5-18(17)23)32-20-12-19(24-13-25-20)26-6-8-27(9-7-26)21(29)14-2-1-3-15(10-14)28(30)31/h1-5,10-13H,6-9H2. The van der Waals surface area contributed by atoms with E-state index in [4.69, 9.17) is 16.3 Å². The zero-order chi connectivity index (χ0) is 22.7. The van der Waals surface area contributed by atoms with Crippen LogP contribution in [0, 0.1) is 15.9 Å². The summed E-state index contributed by atoms with van der Waals surface area (Å²) in [6.45, 7) is 1.88. The molecule has 4 rings (SSSR count). The molecule has 0 bridgehead atoms. The fourth-order valence-corrected chi connectivity index (χ4v) is 3.46. The van der Waals surface area contributed by atoms with Gasteiger partial charge in [-0.05, 0) is 18.2 Å². The first-order valence-corrected chi connectivity index (χ1v) is 10.0. The van der Waals surface area contributed by atoms with Crippen molar-refractivity contribution in [3.63, 3.8) is 0 Å². The predicted molar refractivity (Wildman–Crippen MR) is 115 cm³/mol. The second kappa shape index (κ2) is 9.15. The summed E-state index contributed by atoms with van der Waals surface area (Å²) in [6.07, 6.45) is 1.36. The quantitative estimate of drug-likeness (QED) is 0.422. The van der Waals surface area contributed by atoms with Gasteiger partial charge >= 0.3 is 0 Å². The summed E-state index contributed by atoms with van der Waals surface area (Å²) in [5, 5.41) is 10.9. The fraction of sp³-hybridized carbons (Fsp3) is 0.190. The minimum absolute atomic E-state index is 0.0543. The van der Waals surface area contributed by atoms with Crippen LogP contribution in [0.1, 0.15) is 10.4 Å². The molecule has 0 saturated carbocycles. The second-order valence-electron chi connectivity index (χ2n) is 6.98. The highest BCUT2D eigenvalue weighted by atomic mass is 35.5. The number of benzene rings is 2. The molecule has 1 amide bonds. The van der Waals surface area contributed by atoms with E-state index in [1.807, 2.05) is 4.90 Å². The van der Waals surface area contributed by atoms with Gasteiger partial charge in [0.05, 0.1) is 9.95 Å². The summed E-state index contributed by atoms with van der Waals surface area (Å²) in [6, 6.07) is 11.4. The largest absolute Gasteiger partial charge is 0.439 e. The average Bonchev–Trinajstić information content (AvgIpc) is 2.81. The van der Waals surface area contributed by atoms with Crippen LogP contribution < -0.4 is 9.64 Å². The van der Waals surface area contributed by atoms with Crippen molar-refractivity contribution >= 4 is 29.0 Å². The van der Waals surface area contributed by atoms with Crippen LogP contribution in [-0.2, 0) is 0 Å². The third-order valence-corrected chi connectivity index (χ3v) is 5.23. The zero-order valence-corrected chi connectivity index (χ0v) is 17.4. The predicted octanol–water partition coefficient (Wildman–Crippen LogP) is 3.93. The number of ether oxygens (including phenoxy) is 1. The van der Waals surface area contributed by atoms with Crippen LogP contribution in [0.2, 0.25) is 5.02 Å². The van der Waals surface area contributed by atoms with Crippen LogP contribution in [0.3, 0.4) is 0 Å². The maximum Gasteiger partial charge on any atom is 0.270 e. The number of carbonyl (C=O) groups is 1.